The SMILES string of the molecule is CN(Cc1ccc(Cl)cc1)C(=S)NCCC[NH+](C)C. The summed E-state index contributed by atoms with van der Waals surface area (Å²) in [6.45, 7) is 2.87. The molecule has 2 N–H and O–H groups in total. The lowest BCUT2D eigenvalue weighted by Crippen LogP contribution is -3.05. The molecule has 1 aromatic rings. The van der Waals surface area contributed by atoms with E-state index in [1.807, 2.05) is 36.2 Å². The zero-order valence-corrected chi connectivity index (χ0v) is 13.4. The molecule has 0 radical (unpaired) electrons. The van der Waals surface area contributed by atoms with Gasteiger partial charge in [0.1, 0.15) is 0 Å². The third-order valence-electron chi connectivity index (χ3n) is 2.81. The summed E-state index contributed by atoms with van der Waals surface area (Å²) in [5.74, 6) is 0. The number of nitrogens with zero attached hydrogens (tertiary/aromatic N) is 1. The molecular formula is C14H23ClN3S+. The number of halogens is 1. The highest BCUT2D eigenvalue weighted by molar-refractivity contribution is 7.80. The van der Waals surface area contributed by atoms with Crippen molar-refractivity contribution in [3.05, 3.63) is 34.9 Å². The van der Waals surface area contributed by atoms with E-state index in [2.05, 4.69) is 19.4 Å². The molecule has 0 saturated heterocycles. The van der Waals surface area contributed by atoms with E-state index in [9.17, 15) is 0 Å². The Bertz CT molecular complexity index is 392. The van der Waals surface area contributed by atoms with Crippen molar-refractivity contribution in [2.75, 3.05) is 34.2 Å². The van der Waals surface area contributed by atoms with E-state index < -0.39 is 0 Å². The fourth-order valence-electron chi connectivity index (χ4n) is 1.71. The largest absolute Gasteiger partial charge is 0.362 e. The zero-order chi connectivity index (χ0) is 14.3. The van der Waals surface area contributed by atoms with E-state index >= 15 is 0 Å². The summed E-state index contributed by atoms with van der Waals surface area (Å²) in [6, 6.07) is 7.86. The topological polar surface area (TPSA) is 19.7 Å². The fraction of sp³-hybridized carbons (Fsp3) is 0.500. The average molecular weight is 301 g/mol. The molecule has 0 heterocycles. The van der Waals surface area contributed by atoms with Crippen molar-refractivity contribution >= 4 is 28.9 Å². The van der Waals surface area contributed by atoms with Crippen molar-refractivity contribution < 1.29 is 4.90 Å². The second-order valence-electron chi connectivity index (χ2n) is 5.03. The molecule has 0 aliphatic carbocycles. The highest BCUT2D eigenvalue weighted by Crippen LogP contribution is 2.10. The van der Waals surface area contributed by atoms with E-state index in [1.165, 1.54) is 10.5 Å². The van der Waals surface area contributed by atoms with Crippen LogP contribution in [0, 0.1) is 0 Å². The molecule has 0 atom stereocenters. The molecule has 0 spiro atoms. The highest BCUT2D eigenvalue weighted by Gasteiger charge is 2.05. The Labute approximate surface area is 126 Å². The van der Waals surface area contributed by atoms with Crippen LogP contribution in [0.3, 0.4) is 0 Å². The van der Waals surface area contributed by atoms with Gasteiger partial charge in [-0.3, -0.25) is 0 Å². The van der Waals surface area contributed by atoms with Crippen molar-refractivity contribution in [1.29, 1.82) is 0 Å². The maximum absolute atomic E-state index is 5.87. The number of rotatable bonds is 6. The molecule has 5 heteroatoms. The quantitative estimate of drug-likeness (QED) is 0.608. The minimum absolute atomic E-state index is 0.762. The van der Waals surface area contributed by atoms with Crippen LogP contribution in [0.1, 0.15) is 12.0 Å². The van der Waals surface area contributed by atoms with Gasteiger partial charge >= 0.3 is 0 Å². The zero-order valence-electron chi connectivity index (χ0n) is 11.9. The molecule has 0 bridgehead atoms. The summed E-state index contributed by atoms with van der Waals surface area (Å²) in [4.78, 5) is 3.50. The van der Waals surface area contributed by atoms with E-state index in [1.54, 1.807) is 0 Å². The van der Waals surface area contributed by atoms with Crippen LogP contribution in [0.2, 0.25) is 5.02 Å². The Kier molecular flexibility index (Phi) is 7.13. The molecule has 19 heavy (non-hydrogen) atoms. The molecule has 0 aliphatic rings. The van der Waals surface area contributed by atoms with Crippen LogP contribution < -0.4 is 10.2 Å². The minimum Gasteiger partial charge on any atom is -0.362 e. The smallest absolute Gasteiger partial charge is 0.168 e. The second-order valence-corrected chi connectivity index (χ2v) is 5.85. The Morgan fingerprint density at radius 3 is 2.53 bits per heavy atom. The van der Waals surface area contributed by atoms with Crippen LogP contribution in [0.5, 0.6) is 0 Å². The molecule has 3 nitrogen and oxygen atoms in total. The number of quaternary nitrogens is 1. The van der Waals surface area contributed by atoms with E-state index in [0.29, 0.717) is 0 Å². The first-order chi connectivity index (χ1) is 8.99. The Morgan fingerprint density at radius 1 is 1.32 bits per heavy atom. The van der Waals surface area contributed by atoms with Gasteiger partial charge in [0.15, 0.2) is 5.11 Å². The molecule has 0 fully saturated rings. The van der Waals surface area contributed by atoms with Crippen molar-refractivity contribution in [3.63, 3.8) is 0 Å². The highest BCUT2D eigenvalue weighted by atomic mass is 35.5. The summed E-state index contributed by atoms with van der Waals surface area (Å²) in [5.41, 5.74) is 1.20. The summed E-state index contributed by atoms with van der Waals surface area (Å²) in [6.07, 6.45) is 1.12. The second kappa shape index (κ2) is 8.35. The van der Waals surface area contributed by atoms with Crippen LogP contribution >= 0.6 is 23.8 Å². The van der Waals surface area contributed by atoms with E-state index in [-0.39, 0.29) is 0 Å². The van der Waals surface area contributed by atoms with E-state index in [4.69, 9.17) is 23.8 Å². The van der Waals surface area contributed by atoms with Gasteiger partial charge in [-0.05, 0) is 29.9 Å². The Morgan fingerprint density at radius 2 is 1.95 bits per heavy atom. The van der Waals surface area contributed by atoms with Crippen LogP contribution in [-0.4, -0.2) is 44.2 Å². The predicted octanol–water partition coefficient (Wildman–Crippen LogP) is 1.18. The fourth-order valence-corrected chi connectivity index (χ4v) is 2.00. The summed E-state index contributed by atoms with van der Waals surface area (Å²) < 4.78 is 0. The number of hydrogen-bond donors (Lipinski definition) is 2. The van der Waals surface area contributed by atoms with Gasteiger partial charge in [0.25, 0.3) is 0 Å². The van der Waals surface area contributed by atoms with Crippen LogP contribution in [0.4, 0.5) is 0 Å². The van der Waals surface area contributed by atoms with Gasteiger partial charge in [-0.2, -0.15) is 0 Å². The maximum Gasteiger partial charge on any atom is 0.168 e. The maximum atomic E-state index is 5.87. The summed E-state index contributed by atoms with van der Waals surface area (Å²) >= 11 is 11.2. The third kappa shape index (κ3) is 6.76. The number of benzene rings is 1. The minimum atomic E-state index is 0.762. The van der Waals surface area contributed by atoms with Crippen LogP contribution in [0.15, 0.2) is 24.3 Å². The Hall–Kier alpha value is -0.840. The normalized spacial score (nSPS) is 10.6. The van der Waals surface area contributed by atoms with Gasteiger partial charge < -0.3 is 15.1 Å². The van der Waals surface area contributed by atoms with Gasteiger partial charge in [-0.15, -0.1) is 0 Å². The van der Waals surface area contributed by atoms with Crippen molar-refractivity contribution in [1.82, 2.24) is 10.2 Å². The first-order valence-corrected chi connectivity index (χ1v) is 7.30. The number of hydrogen-bond acceptors (Lipinski definition) is 1. The van der Waals surface area contributed by atoms with E-state index in [0.717, 1.165) is 36.2 Å². The van der Waals surface area contributed by atoms with Gasteiger partial charge in [0.2, 0.25) is 0 Å². The van der Waals surface area contributed by atoms with Crippen molar-refractivity contribution in [2.45, 2.75) is 13.0 Å². The monoisotopic (exact) mass is 300 g/mol. The lowest BCUT2D eigenvalue weighted by atomic mass is 10.2. The molecule has 0 amide bonds. The standard InChI is InChI=1S/C14H22ClN3S/c1-17(2)10-4-9-16-14(19)18(3)11-12-5-7-13(15)8-6-12/h5-8H,4,9-11H2,1-3H3,(H,16,19)/p+1. The molecule has 1 aromatic carbocycles. The first kappa shape index (κ1) is 16.2. The molecule has 0 aromatic heterocycles. The molecule has 0 aliphatic heterocycles. The summed E-state index contributed by atoms with van der Waals surface area (Å²) in [5, 5.41) is 4.84. The third-order valence-corrected chi connectivity index (χ3v) is 3.52. The number of nitrogens with one attached hydrogen (secondary N) is 2. The number of thiocarbonyl (C=S) groups is 1. The molecular weight excluding hydrogens is 278 g/mol. The van der Waals surface area contributed by atoms with Gasteiger partial charge in [0, 0.05) is 31.6 Å². The van der Waals surface area contributed by atoms with Crippen LogP contribution in [-0.2, 0) is 6.54 Å². The van der Waals surface area contributed by atoms with Gasteiger partial charge in [-0.25, -0.2) is 0 Å². The molecule has 0 saturated carbocycles. The summed E-state index contributed by atoms with van der Waals surface area (Å²) in [7, 11) is 6.32. The Balaban J connectivity index is 2.30. The van der Waals surface area contributed by atoms with Gasteiger partial charge in [0.05, 0.1) is 20.6 Å². The first-order valence-electron chi connectivity index (χ1n) is 6.51. The lowest BCUT2D eigenvalue weighted by Gasteiger charge is -2.21. The van der Waals surface area contributed by atoms with Crippen LogP contribution in [0.25, 0.3) is 0 Å². The average Bonchev–Trinajstić information content (AvgIpc) is 2.36. The van der Waals surface area contributed by atoms with Gasteiger partial charge in [-0.1, -0.05) is 23.7 Å². The lowest BCUT2D eigenvalue weighted by molar-refractivity contribution is -0.858. The predicted molar refractivity (Wildman–Crippen MR) is 85.8 cm³/mol. The van der Waals surface area contributed by atoms with Crippen molar-refractivity contribution in [3.8, 4) is 0 Å². The molecule has 106 valence electrons. The van der Waals surface area contributed by atoms with Crippen molar-refractivity contribution in [2.24, 2.45) is 0 Å². The molecule has 0 unspecified atom stereocenters. The molecule has 1 rings (SSSR count).